The van der Waals surface area contributed by atoms with Crippen molar-refractivity contribution in [3.05, 3.63) is 142 Å². The standard InChI is InChI=1S/C43H48BN6O10P/c1-48(2)23-28-13-12-27(24-56-43(29-10-8-7-9-11-29,30-14-18-32(54-5)19-15-30)31-16-20-33(55-6)21-17-31)22-34(28)44-59-37-35(25-57-61(52)53)58-41(38(37)60-44)50-26-45-36-39(50)46-42(49(3)4)47-40(36)51/h7-22,26,35,37-38,41,52-53H,23-25H2,1-6H3,(H,46,47,51)/t35-,37-,38-,41-/m1/s1. The van der Waals surface area contributed by atoms with Gasteiger partial charge in [0.1, 0.15) is 35.4 Å². The molecule has 4 aromatic carbocycles. The number of benzene rings is 4. The van der Waals surface area contributed by atoms with Crippen molar-refractivity contribution < 1.29 is 42.6 Å². The Morgan fingerprint density at radius 3 is 2.11 bits per heavy atom. The minimum Gasteiger partial charge on any atom is -0.497 e. The largest absolute Gasteiger partial charge is 0.497 e. The number of hydrogen-bond acceptors (Lipinski definition) is 14. The number of rotatable bonds is 16. The van der Waals surface area contributed by atoms with Gasteiger partial charge in [0.05, 0.1) is 33.8 Å². The average Bonchev–Trinajstić information content (AvgIpc) is 3.99. The van der Waals surface area contributed by atoms with Gasteiger partial charge in [-0.3, -0.25) is 14.3 Å². The first-order chi connectivity index (χ1) is 29.5. The van der Waals surface area contributed by atoms with Crippen LogP contribution >= 0.6 is 8.60 Å². The van der Waals surface area contributed by atoms with Crippen LogP contribution in [-0.2, 0) is 42.1 Å². The maximum absolute atomic E-state index is 13.0. The normalized spacial score (nSPS) is 19.0. The summed E-state index contributed by atoms with van der Waals surface area (Å²) in [6.45, 7) is 0.585. The van der Waals surface area contributed by atoms with Crippen molar-refractivity contribution in [3.8, 4) is 11.5 Å². The first kappa shape index (κ1) is 42.5. The van der Waals surface area contributed by atoms with E-state index in [-0.39, 0.29) is 18.7 Å². The summed E-state index contributed by atoms with van der Waals surface area (Å²) in [6, 6.07) is 32.1. The topological polar surface area (TPSA) is 175 Å². The molecule has 0 bridgehead atoms. The van der Waals surface area contributed by atoms with Gasteiger partial charge in [-0.2, -0.15) is 4.98 Å². The number of H-pyrrole nitrogens is 1. The molecule has 4 atom stereocenters. The van der Waals surface area contributed by atoms with E-state index >= 15 is 0 Å². The van der Waals surface area contributed by atoms with Crippen LogP contribution < -0.4 is 25.4 Å². The lowest BCUT2D eigenvalue weighted by Gasteiger charge is -2.36. The Hall–Kier alpha value is -5.20. The molecule has 4 heterocycles. The van der Waals surface area contributed by atoms with E-state index in [2.05, 4.69) is 38.1 Å². The third-order valence-corrected chi connectivity index (χ3v) is 11.3. The minimum absolute atomic E-state index is 0.131. The number of nitrogens with one attached hydrogen (secondary N) is 1. The van der Waals surface area contributed by atoms with Crippen LogP contribution in [0.4, 0.5) is 5.95 Å². The van der Waals surface area contributed by atoms with Crippen LogP contribution in [0.15, 0.2) is 108 Å². The highest BCUT2D eigenvalue weighted by Gasteiger charge is 2.56. The molecule has 0 radical (unpaired) electrons. The fraction of sp³-hybridized carbons (Fsp3) is 0.326. The fourth-order valence-corrected chi connectivity index (χ4v) is 8.28. The molecular weight excluding hydrogens is 802 g/mol. The Bertz CT molecular complexity index is 2440. The number of aromatic amines is 1. The first-order valence-corrected chi connectivity index (χ1v) is 20.8. The van der Waals surface area contributed by atoms with Crippen LogP contribution in [0.1, 0.15) is 34.0 Å². The predicted molar refractivity (Wildman–Crippen MR) is 230 cm³/mol. The summed E-state index contributed by atoms with van der Waals surface area (Å²) in [7, 11) is 7.26. The fourth-order valence-electron chi connectivity index (χ4n) is 8.00. The van der Waals surface area contributed by atoms with E-state index in [0.717, 1.165) is 44.8 Å². The molecule has 0 unspecified atom stereocenters. The monoisotopic (exact) mass is 850 g/mol. The molecule has 0 spiro atoms. The third kappa shape index (κ3) is 8.54. The van der Waals surface area contributed by atoms with E-state index in [1.165, 1.54) is 6.33 Å². The van der Waals surface area contributed by atoms with Gasteiger partial charge < -0.3 is 52.4 Å². The van der Waals surface area contributed by atoms with Gasteiger partial charge in [0, 0.05) is 20.6 Å². The van der Waals surface area contributed by atoms with Crippen molar-refractivity contribution in [2.75, 3.05) is 53.9 Å². The Labute approximate surface area is 354 Å². The van der Waals surface area contributed by atoms with Crippen molar-refractivity contribution in [3.63, 3.8) is 0 Å². The number of ether oxygens (including phenoxy) is 4. The molecule has 2 aliphatic heterocycles. The smallest absolute Gasteiger partial charge is 0.495 e. The molecule has 2 aliphatic rings. The molecule has 3 N–H and O–H groups in total. The van der Waals surface area contributed by atoms with E-state index in [4.69, 9.17) is 32.8 Å². The molecule has 318 valence electrons. The molecule has 2 saturated heterocycles. The van der Waals surface area contributed by atoms with Crippen molar-refractivity contribution in [2.24, 2.45) is 0 Å². The van der Waals surface area contributed by atoms with Crippen LogP contribution in [0.25, 0.3) is 11.2 Å². The summed E-state index contributed by atoms with van der Waals surface area (Å²) >= 11 is 0. The van der Waals surface area contributed by atoms with Gasteiger partial charge in [0.2, 0.25) is 5.95 Å². The van der Waals surface area contributed by atoms with E-state index in [1.54, 1.807) is 37.8 Å². The molecule has 2 aromatic heterocycles. The van der Waals surface area contributed by atoms with Gasteiger partial charge in [0.15, 0.2) is 17.4 Å². The molecule has 61 heavy (non-hydrogen) atoms. The van der Waals surface area contributed by atoms with Gasteiger partial charge in [-0.25, -0.2) is 4.98 Å². The summed E-state index contributed by atoms with van der Waals surface area (Å²) < 4.78 is 45.2. The quantitative estimate of drug-likeness (QED) is 0.0722. The third-order valence-electron chi connectivity index (χ3n) is 10.9. The molecular formula is C43H48BN6O10P. The summed E-state index contributed by atoms with van der Waals surface area (Å²) in [5.41, 5.74) is 4.32. The summed E-state index contributed by atoms with van der Waals surface area (Å²) in [5.74, 6) is 1.79. The molecule has 18 heteroatoms. The molecule has 0 saturated carbocycles. The number of hydrogen-bond donors (Lipinski definition) is 3. The maximum Gasteiger partial charge on any atom is 0.495 e. The van der Waals surface area contributed by atoms with Crippen molar-refractivity contribution >= 4 is 38.3 Å². The highest BCUT2D eigenvalue weighted by molar-refractivity contribution is 7.39. The van der Waals surface area contributed by atoms with Crippen LogP contribution in [0.3, 0.4) is 0 Å². The summed E-state index contributed by atoms with van der Waals surface area (Å²) in [4.78, 5) is 47.9. The van der Waals surface area contributed by atoms with Crippen LogP contribution in [0.2, 0.25) is 0 Å². The van der Waals surface area contributed by atoms with E-state index in [0.29, 0.717) is 18.1 Å². The molecule has 0 amide bonds. The number of aromatic nitrogens is 4. The number of fused-ring (bicyclic) bond motifs is 2. The lowest BCUT2D eigenvalue weighted by atomic mass is 9.75. The predicted octanol–water partition coefficient (Wildman–Crippen LogP) is 4.08. The number of anilines is 1. The number of nitrogens with zero attached hydrogens (tertiary/aromatic N) is 5. The van der Waals surface area contributed by atoms with E-state index < -0.39 is 51.4 Å². The second kappa shape index (κ2) is 18.0. The summed E-state index contributed by atoms with van der Waals surface area (Å²) in [5, 5.41) is 0. The SMILES string of the molecule is COc1ccc(C(OCc2ccc(CN(C)C)c(B3O[C@@H]4[C@H](O3)[C@@H](COP(O)O)O[C@H]4n3cnc4c(=O)[nH]c(N(C)C)nc43)c2)(c2ccccc2)c2ccc(OC)cc2)cc1. The van der Waals surface area contributed by atoms with Crippen molar-refractivity contribution in [2.45, 2.75) is 43.3 Å². The molecule has 0 aliphatic carbocycles. The first-order valence-electron chi connectivity index (χ1n) is 19.7. The number of methoxy groups -OCH3 is 2. The zero-order valence-electron chi connectivity index (χ0n) is 34.7. The lowest BCUT2D eigenvalue weighted by molar-refractivity contribution is -0.0543. The average molecular weight is 851 g/mol. The Kier molecular flexibility index (Phi) is 12.6. The maximum atomic E-state index is 13.0. The van der Waals surface area contributed by atoms with Gasteiger partial charge >= 0.3 is 15.7 Å². The zero-order chi connectivity index (χ0) is 42.8. The highest BCUT2D eigenvalue weighted by atomic mass is 31.2. The van der Waals surface area contributed by atoms with Crippen LogP contribution in [0, 0.1) is 0 Å². The second-order valence-corrected chi connectivity index (χ2v) is 16.1. The molecule has 6 aromatic rings. The number of imidazole rings is 1. The van der Waals surface area contributed by atoms with Crippen molar-refractivity contribution in [1.82, 2.24) is 24.4 Å². The zero-order valence-corrected chi connectivity index (χ0v) is 35.6. The van der Waals surface area contributed by atoms with Crippen LogP contribution in [-0.4, -0.2) is 109 Å². The van der Waals surface area contributed by atoms with Gasteiger partial charge in [-0.15, -0.1) is 0 Å². The molecule has 2 fully saturated rings. The lowest BCUT2D eigenvalue weighted by Crippen LogP contribution is -2.40. The minimum atomic E-state index is -2.67. The highest BCUT2D eigenvalue weighted by Crippen LogP contribution is 2.43. The van der Waals surface area contributed by atoms with E-state index in [1.807, 2.05) is 93.0 Å². The second-order valence-electron chi connectivity index (χ2n) is 15.3. The van der Waals surface area contributed by atoms with Gasteiger partial charge in [-0.1, -0.05) is 72.8 Å². The molecule has 8 rings (SSSR count). The Morgan fingerprint density at radius 1 is 0.869 bits per heavy atom. The van der Waals surface area contributed by atoms with E-state index in [9.17, 15) is 14.6 Å². The van der Waals surface area contributed by atoms with Gasteiger partial charge in [0.25, 0.3) is 5.56 Å². The Balaban J connectivity index is 1.17. The summed E-state index contributed by atoms with van der Waals surface area (Å²) in [6.07, 6.45) is -1.58. The Morgan fingerprint density at radius 2 is 1.51 bits per heavy atom. The molecule has 16 nitrogen and oxygen atoms in total. The van der Waals surface area contributed by atoms with Gasteiger partial charge in [-0.05, 0) is 71.6 Å². The van der Waals surface area contributed by atoms with Crippen molar-refractivity contribution in [1.29, 1.82) is 0 Å². The van der Waals surface area contributed by atoms with Crippen LogP contribution in [0.5, 0.6) is 11.5 Å².